The minimum absolute atomic E-state index is 0.136. The van der Waals surface area contributed by atoms with Gasteiger partial charge in [0.1, 0.15) is 11.6 Å². The molecular weight excluding hydrogens is 326 g/mol. The largest absolute Gasteiger partial charge is 0.348 e. The lowest BCUT2D eigenvalue weighted by molar-refractivity contribution is -0.385. The number of benzene rings is 1. The van der Waals surface area contributed by atoms with E-state index >= 15 is 0 Å². The van der Waals surface area contributed by atoms with E-state index in [4.69, 9.17) is 5.26 Å². The molecule has 0 aliphatic heterocycles. The Morgan fingerprint density at radius 2 is 2.30 bits per heavy atom. The van der Waals surface area contributed by atoms with Gasteiger partial charge in [-0.25, -0.2) is 0 Å². The van der Waals surface area contributed by atoms with Gasteiger partial charge in [0, 0.05) is 12.6 Å². The maximum absolute atomic E-state index is 11.6. The van der Waals surface area contributed by atoms with Crippen LogP contribution in [0.3, 0.4) is 0 Å². The fourth-order valence-electron chi connectivity index (χ4n) is 1.33. The Bertz CT molecular complexity index is 632. The molecule has 0 spiro atoms. The molecule has 1 aromatic carbocycles. The quantitative estimate of drug-likeness (QED) is 0.294. The van der Waals surface area contributed by atoms with E-state index in [1.807, 2.05) is 0 Å². The predicted molar refractivity (Wildman–Crippen MR) is 77.6 cm³/mol. The SMILES string of the molecule is C=CCNC(=O)/C(C#N)=C/c1ccc(Br)c([N+](=O)[O-])c1. The Morgan fingerprint density at radius 1 is 1.60 bits per heavy atom. The summed E-state index contributed by atoms with van der Waals surface area (Å²) in [5, 5.41) is 22.2. The van der Waals surface area contributed by atoms with Crippen LogP contribution in [-0.4, -0.2) is 17.4 Å². The van der Waals surface area contributed by atoms with Gasteiger partial charge in [-0.05, 0) is 33.6 Å². The van der Waals surface area contributed by atoms with Crippen LogP contribution in [0.25, 0.3) is 6.08 Å². The summed E-state index contributed by atoms with van der Waals surface area (Å²) in [6.45, 7) is 3.68. The van der Waals surface area contributed by atoms with Gasteiger partial charge in [0.25, 0.3) is 11.6 Å². The van der Waals surface area contributed by atoms with Crippen LogP contribution in [0.2, 0.25) is 0 Å². The lowest BCUT2D eigenvalue weighted by Crippen LogP contribution is -2.24. The fourth-order valence-corrected chi connectivity index (χ4v) is 1.73. The Labute approximate surface area is 123 Å². The number of nitrogens with zero attached hydrogens (tertiary/aromatic N) is 2. The number of carbonyl (C=O) groups excluding carboxylic acids is 1. The highest BCUT2D eigenvalue weighted by Crippen LogP contribution is 2.26. The monoisotopic (exact) mass is 335 g/mol. The molecule has 0 saturated heterocycles. The molecule has 1 aromatic rings. The van der Waals surface area contributed by atoms with Gasteiger partial charge in [-0.2, -0.15) is 5.26 Å². The molecule has 1 N–H and O–H groups in total. The Morgan fingerprint density at radius 3 is 2.85 bits per heavy atom. The second-order valence-corrected chi connectivity index (χ2v) is 4.49. The van der Waals surface area contributed by atoms with Crippen molar-refractivity contribution in [1.29, 1.82) is 5.26 Å². The van der Waals surface area contributed by atoms with Gasteiger partial charge < -0.3 is 5.32 Å². The molecule has 0 bridgehead atoms. The van der Waals surface area contributed by atoms with Gasteiger partial charge in [0.05, 0.1) is 9.40 Å². The van der Waals surface area contributed by atoms with E-state index in [0.29, 0.717) is 10.0 Å². The molecule has 0 radical (unpaired) electrons. The molecule has 6 nitrogen and oxygen atoms in total. The molecule has 0 atom stereocenters. The molecule has 0 heterocycles. The average Bonchev–Trinajstić information content (AvgIpc) is 2.43. The Kier molecular flexibility index (Phi) is 5.62. The van der Waals surface area contributed by atoms with E-state index in [2.05, 4.69) is 27.8 Å². The number of nitrogens with one attached hydrogen (secondary N) is 1. The first kappa shape index (κ1) is 15.6. The standard InChI is InChI=1S/C13H10BrN3O3/c1-2-5-16-13(18)10(8-15)6-9-3-4-11(14)12(7-9)17(19)20/h2-4,6-7H,1,5H2,(H,16,18)/b10-6+. The number of amides is 1. The van der Waals surface area contributed by atoms with Crippen LogP contribution >= 0.6 is 15.9 Å². The van der Waals surface area contributed by atoms with Gasteiger partial charge in [0.2, 0.25) is 0 Å². The van der Waals surface area contributed by atoms with Gasteiger partial charge in [-0.1, -0.05) is 12.1 Å². The van der Waals surface area contributed by atoms with Crippen molar-refractivity contribution in [2.24, 2.45) is 0 Å². The number of halogens is 1. The lowest BCUT2D eigenvalue weighted by atomic mass is 10.1. The number of hydrogen-bond donors (Lipinski definition) is 1. The summed E-state index contributed by atoms with van der Waals surface area (Å²) in [6.07, 6.45) is 2.77. The van der Waals surface area contributed by atoms with Crippen molar-refractivity contribution in [3.05, 3.63) is 56.6 Å². The minimum atomic E-state index is -0.557. The molecule has 0 saturated carbocycles. The minimum Gasteiger partial charge on any atom is -0.348 e. The van der Waals surface area contributed by atoms with Crippen LogP contribution in [0, 0.1) is 21.4 Å². The summed E-state index contributed by atoms with van der Waals surface area (Å²) < 4.78 is 0.328. The molecule has 1 amide bonds. The van der Waals surface area contributed by atoms with Crippen LogP contribution in [0.4, 0.5) is 5.69 Å². The lowest BCUT2D eigenvalue weighted by Gasteiger charge is -2.01. The normalized spacial score (nSPS) is 10.5. The Balaban J connectivity index is 3.11. The van der Waals surface area contributed by atoms with Crippen molar-refractivity contribution in [3.63, 3.8) is 0 Å². The summed E-state index contributed by atoms with van der Waals surface area (Å²) in [7, 11) is 0. The zero-order chi connectivity index (χ0) is 15.1. The third-order valence-corrected chi connectivity index (χ3v) is 2.92. The van der Waals surface area contributed by atoms with Crippen LogP contribution in [0.15, 0.2) is 40.9 Å². The van der Waals surface area contributed by atoms with Crippen molar-refractivity contribution in [3.8, 4) is 6.07 Å². The average molecular weight is 336 g/mol. The second kappa shape index (κ2) is 7.21. The zero-order valence-electron chi connectivity index (χ0n) is 10.3. The highest BCUT2D eigenvalue weighted by atomic mass is 79.9. The van der Waals surface area contributed by atoms with Crippen molar-refractivity contribution >= 4 is 33.6 Å². The molecule has 0 fully saturated rings. The topological polar surface area (TPSA) is 96.0 Å². The molecule has 0 aliphatic carbocycles. The summed E-state index contributed by atoms with van der Waals surface area (Å²) in [6, 6.07) is 6.09. The molecule has 1 rings (SSSR count). The van der Waals surface area contributed by atoms with Crippen molar-refractivity contribution in [1.82, 2.24) is 5.32 Å². The van der Waals surface area contributed by atoms with Crippen LogP contribution in [0.5, 0.6) is 0 Å². The number of nitro benzene ring substituents is 1. The highest BCUT2D eigenvalue weighted by molar-refractivity contribution is 9.10. The number of nitro groups is 1. The van der Waals surface area contributed by atoms with E-state index < -0.39 is 10.8 Å². The predicted octanol–water partition coefficient (Wildman–Crippen LogP) is 2.57. The number of nitriles is 1. The molecule has 0 aliphatic rings. The third-order valence-electron chi connectivity index (χ3n) is 2.25. The molecule has 0 unspecified atom stereocenters. The summed E-state index contributed by atoms with van der Waals surface area (Å²) in [5.74, 6) is -0.557. The molecule has 20 heavy (non-hydrogen) atoms. The molecule has 102 valence electrons. The number of rotatable bonds is 5. The maximum atomic E-state index is 11.6. The summed E-state index contributed by atoms with van der Waals surface area (Å²) in [5.41, 5.74) is 0.121. The first-order valence-corrected chi connectivity index (χ1v) is 6.23. The first-order valence-electron chi connectivity index (χ1n) is 5.44. The summed E-state index contributed by atoms with van der Waals surface area (Å²) >= 11 is 3.06. The fraction of sp³-hybridized carbons (Fsp3) is 0.0769. The van der Waals surface area contributed by atoms with E-state index in [0.717, 1.165) is 0 Å². The third kappa shape index (κ3) is 4.03. The molecule has 0 aromatic heterocycles. The van der Waals surface area contributed by atoms with Crippen LogP contribution in [-0.2, 0) is 4.79 Å². The first-order chi connectivity index (χ1) is 9.49. The Hall–Kier alpha value is -2.46. The molecular formula is C13H10BrN3O3. The van der Waals surface area contributed by atoms with Crippen molar-refractivity contribution < 1.29 is 9.72 Å². The van der Waals surface area contributed by atoms with Crippen LogP contribution in [0.1, 0.15) is 5.56 Å². The second-order valence-electron chi connectivity index (χ2n) is 3.64. The van der Waals surface area contributed by atoms with Gasteiger partial charge in [-0.15, -0.1) is 6.58 Å². The van der Waals surface area contributed by atoms with Crippen molar-refractivity contribution in [2.75, 3.05) is 6.54 Å². The van der Waals surface area contributed by atoms with E-state index in [-0.39, 0.29) is 17.8 Å². The van der Waals surface area contributed by atoms with Gasteiger partial charge in [-0.3, -0.25) is 14.9 Å². The van der Waals surface area contributed by atoms with Gasteiger partial charge >= 0.3 is 0 Å². The number of hydrogen-bond acceptors (Lipinski definition) is 4. The van der Waals surface area contributed by atoms with Gasteiger partial charge in [0.15, 0.2) is 0 Å². The zero-order valence-corrected chi connectivity index (χ0v) is 11.9. The maximum Gasteiger partial charge on any atom is 0.284 e. The number of carbonyl (C=O) groups is 1. The van der Waals surface area contributed by atoms with E-state index in [1.165, 1.54) is 24.3 Å². The summed E-state index contributed by atoms with van der Waals surface area (Å²) in [4.78, 5) is 21.9. The molecule has 7 heteroatoms. The van der Waals surface area contributed by atoms with Crippen LogP contribution < -0.4 is 5.32 Å². The van der Waals surface area contributed by atoms with E-state index in [1.54, 1.807) is 12.1 Å². The van der Waals surface area contributed by atoms with Crippen molar-refractivity contribution in [2.45, 2.75) is 0 Å². The highest BCUT2D eigenvalue weighted by Gasteiger charge is 2.13. The smallest absolute Gasteiger partial charge is 0.284 e. The van der Waals surface area contributed by atoms with E-state index in [9.17, 15) is 14.9 Å².